The lowest BCUT2D eigenvalue weighted by molar-refractivity contribution is -0.0417. The van der Waals surface area contributed by atoms with E-state index in [4.69, 9.17) is 4.74 Å². The van der Waals surface area contributed by atoms with E-state index < -0.39 is 6.10 Å². The van der Waals surface area contributed by atoms with Crippen molar-refractivity contribution in [3.63, 3.8) is 0 Å². The highest BCUT2D eigenvalue weighted by Gasteiger charge is 2.43. The van der Waals surface area contributed by atoms with Crippen LogP contribution in [0.4, 0.5) is 0 Å². The summed E-state index contributed by atoms with van der Waals surface area (Å²) in [5, 5.41) is 11.0. The van der Waals surface area contributed by atoms with Crippen molar-refractivity contribution in [1.29, 1.82) is 0 Å². The third-order valence-corrected chi connectivity index (χ3v) is 4.97. The average molecular weight is 277 g/mol. The van der Waals surface area contributed by atoms with Crippen LogP contribution >= 0.6 is 0 Å². The summed E-state index contributed by atoms with van der Waals surface area (Å²) in [6, 6.07) is 7.82. The Morgan fingerprint density at radius 3 is 2.40 bits per heavy atom. The number of aliphatic hydroxyl groups excluding tert-OH is 1. The van der Waals surface area contributed by atoms with Crippen molar-refractivity contribution in [1.82, 2.24) is 4.90 Å². The van der Waals surface area contributed by atoms with Gasteiger partial charge in [-0.05, 0) is 51.8 Å². The van der Waals surface area contributed by atoms with Gasteiger partial charge >= 0.3 is 0 Å². The zero-order chi connectivity index (χ0) is 14.8. The van der Waals surface area contributed by atoms with Gasteiger partial charge in [0.25, 0.3) is 0 Å². The molecule has 0 saturated heterocycles. The fourth-order valence-corrected chi connectivity index (χ4v) is 3.41. The maximum Gasteiger partial charge on any atom is 0.124 e. The highest BCUT2D eigenvalue weighted by atomic mass is 16.5. The minimum absolute atomic E-state index is 0.179. The summed E-state index contributed by atoms with van der Waals surface area (Å²) in [7, 11) is 5.82. The average Bonchev–Trinajstić information content (AvgIpc) is 2.47. The van der Waals surface area contributed by atoms with Crippen LogP contribution in [0.1, 0.15) is 44.3 Å². The number of para-hydroxylation sites is 1. The monoisotopic (exact) mass is 277 g/mol. The number of aliphatic hydroxyl groups is 1. The molecule has 3 nitrogen and oxygen atoms in total. The van der Waals surface area contributed by atoms with Crippen LogP contribution in [-0.4, -0.2) is 36.8 Å². The summed E-state index contributed by atoms with van der Waals surface area (Å²) in [5.41, 5.74) is 0.722. The molecule has 112 valence electrons. The summed E-state index contributed by atoms with van der Waals surface area (Å²) in [6.07, 6.45) is 3.89. The van der Waals surface area contributed by atoms with E-state index in [0.717, 1.165) is 30.1 Å². The maximum atomic E-state index is 11.0. The SMILES string of the molecule is COc1ccccc1C(O)C1(N(C)C)CCC(C)CC1. The molecule has 1 unspecified atom stereocenters. The number of hydrogen-bond donors (Lipinski definition) is 1. The topological polar surface area (TPSA) is 32.7 Å². The van der Waals surface area contributed by atoms with Gasteiger partial charge in [-0.2, -0.15) is 0 Å². The second kappa shape index (κ2) is 6.15. The van der Waals surface area contributed by atoms with Gasteiger partial charge in [0.15, 0.2) is 0 Å². The zero-order valence-electron chi connectivity index (χ0n) is 13.1. The Labute approximate surface area is 122 Å². The fraction of sp³-hybridized carbons (Fsp3) is 0.647. The van der Waals surface area contributed by atoms with Crippen LogP contribution in [0.15, 0.2) is 24.3 Å². The predicted octanol–water partition coefficient (Wildman–Crippen LogP) is 3.24. The van der Waals surface area contributed by atoms with Crippen molar-refractivity contribution >= 4 is 0 Å². The van der Waals surface area contributed by atoms with Crippen molar-refractivity contribution in [3.05, 3.63) is 29.8 Å². The molecule has 1 N–H and O–H groups in total. The Bertz CT molecular complexity index is 436. The molecular formula is C17H27NO2. The second-order valence-corrected chi connectivity index (χ2v) is 6.33. The molecule has 0 bridgehead atoms. The number of likely N-dealkylation sites (N-methyl/N-ethyl adjacent to an activating group) is 1. The molecule has 0 aromatic heterocycles. The van der Waals surface area contributed by atoms with Crippen LogP contribution in [0.2, 0.25) is 0 Å². The normalized spacial score (nSPS) is 28.4. The van der Waals surface area contributed by atoms with E-state index in [1.54, 1.807) is 7.11 Å². The van der Waals surface area contributed by atoms with Gasteiger partial charge in [0.05, 0.1) is 12.6 Å². The molecule has 1 atom stereocenters. The van der Waals surface area contributed by atoms with E-state index >= 15 is 0 Å². The number of benzene rings is 1. The summed E-state index contributed by atoms with van der Waals surface area (Å²) in [6.45, 7) is 2.30. The third-order valence-electron chi connectivity index (χ3n) is 4.97. The van der Waals surface area contributed by atoms with Crippen LogP contribution in [0.3, 0.4) is 0 Å². The summed E-state index contributed by atoms with van der Waals surface area (Å²) in [5.74, 6) is 1.53. The second-order valence-electron chi connectivity index (χ2n) is 6.33. The number of methoxy groups -OCH3 is 1. The van der Waals surface area contributed by atoms with Crippen molar-refractivity contribution in [2.45, 2.75) is 44.2 Å². The highest BCUT2D eigenvalue weighted by Crippen LogP contribution is 2.45. The minimum Gasteiger partial charge on any atom is -0.496 e. The quantitative estimate of drug-likeness (QED) is 0.917. The number of hydrogen-bond acceptors (Lipinski definition) is 3. The van der Waals surface area contributed by atoms with Crippen molar-refractivity contribution in [3.8, 4) is 5.75 Å². The summed E-state index contributed by atoms with van der Waals surface area (Å²) < 4.78 is 5.42. The largest absolute Gasteiger partial charge is 0.496 e. The number of ether oxygens (including phenoxy) is 1. The summed E-state index contributed by atoms with van der Waals surface area (Å²) in [4.78, 5) is 2.20. The lowest BCUT2D eigenvalue weighted by Gasteiger charge is -2.48. The van der Waals surface area contributed by atoms with Crippen LogP contribution in [0.5, 0.6) is 5.75 Å². The predicted molar refractivity (Wildman–Crippen MR) is 82.0 cm³/mol. The van der Waals surface area contributed by atoms with E-state index in [2.05, 4.69) is 25.9 Å². The Morgan fingerprint density at radius 1 is 1.25 bits per heavy atom. The van der Waals surface area contributed by atoms with Gasteiger partial charge in [-0.1, -0.05) is 25.1 Å². The van der Waals surface area contributed by atoms with Crippen LogP contribution in [-0.2, 0) is 0 Å². The molecule has 0 amide bonds. The molecule has 0 heterocycles. The Kier molecular flexibility index (Phi) is 4.71. The number of nitrogens with zero attached hydrogens (tertiary/aromatic N) is 1. The number of rotatable bonds is 4. The minimum atomic E-state index is -0.513. The van der Waals surface area contributed by atoms with E-state index in [9.17, 15) is 5.11 Å². The first kappa shape index (κ1) is 15.3. The van der Waals surface area contributed by atoms with Gasteiger partial charge < -0.3 is 14.7 Å². The van der Waals surface area contributed by atoms with E-state index in [-0.39, 0.29) is 5.54 Å². The van der Waals surface area contributed by atoms with Crippen LogP contribution < -0.4 is 4.74 Å². The fourth-order valence-electron chi connectivity index (χ4n) is 3.41. The Balaban J connectivity index is 2.34. The molecule has 1 aliphatic rings. The van der Waals surface area contributed by atoms with Crippen LogP contribution in [0.25, 0.3) is 0 Å². The molecule has 1 fully saturated rings. The first-order chi connectivity index (χ1) is 9.51. The molecular weight excluding hydrogens is 250 g/mol. The summed E-state index contributed by atoms with van der Waals surface area (Å²) >= 11 is 0. The van der Waals surface area contributed by atoms with E-state index in [1.165, 1.54) is 12.8 Å². The molecule has 20 heavy (non-hydrogen) atoms. The lowest BCUT2D eigenvalue weighted by Crippen LogP contribution is -2.51. The van der Waals surface area contributed by atoms with Crippen molar-refractivity contribution < 1.29 is 9.84 Å². The van der Waals surface area contributed by atoms with Gasteiger partial charge in [-0.3, -0.25) is 0 Å². The van der Waals surface area contributed by atoms with E-state index in [0.29, 0.717) is 0 Å². The van der Waals surface area contributed by atoms with Gasteiger partial charge in [0, 0.05) is 5.56 Å². The van der Waals surface area contributed by atoms with Gasteiger partial charge in [-0.25, -0.2) is 0 Å². The molecule has 1 aromatic rings. The maximum absolute atomic E-state index is 11.0. The van der Waals surface area contributed by atoms with Crippen molar-refractivity contribution in [2.24, 2.45) is 5.92 Å². The van der Waals surface area contributed by atoms with Gasteiger partial charge in [-0.15, -0.1) is 0 Å². The van der Waals surface area contributed by atoms with Crippen LogP contribution in [0, 0.1) is 5.92 Å². The molecule has 0 spiro atoms. The first-order valence-corrected chi connectivity index (χ1v) is 7.49. The Morgan fingerprint density at radius 2 is 1.85 bits per heavy atom. The molecule has 0 radical (unpaired) electrons. The van der Waals surface area contributed by atoms with Gasteiger partial charge in [0.1, 0.15) is 11.9 Å². The molecule has 2 rings (SSSR count). The zero-order valence-corrected chi connectivity index (χ0v) is 13.1. The van der Waals surface area contributed by atoms with E-state index in [1.807, 2.05) is 24.3 Å². The lowest BCUT2D eigenvalue weighted by atomic mass is 9.71. The molecule has 1 aromatic carbocycles. The molecule has 1 aliphatic carbocycles. The standard InChI is InChI=1S/C17H27NO2/c1-13-9-11-17(12-10-13,18(2)3)16(19)14-7-5-6-8-15(14)20-4/h5-8,13,16,19H,9-12H2,1-4H3. The van der Waals surface area contributed by atoms with Gasteiger partial charge in [0.2, 0.25) is 0 Å². The third kappa shape index (κ3) is 2.70. The van der Waals surface area contributed by atoms with Crippen molar-refractivity contribution in [2.75, 3.05) is 21.2 Å². The highest BCUT2D eigenvalue weighted by molar-refractivity contribution is 5.37. The molecule has 0 aliphatic heterocycles. The smallest absolute Gasteiger partial charge is 0.124 e. The first-order valence-electron chi connectivity index (χ1n) is 7.49. The molecule has 1 saturated carbocycles. The Hall–Kier alpha value is -1.06. The molecule has 3 heteroatoms.